The Morgan fingerprint density at radius 2 is 1.20 bits per heavy atom. The lowest BCUT2D eigenvalue weighted by Crippen LogP contribution is -2.65. The van der Waals surface area contributed by atoms with E-state index in [0.717, 1.165) is 0 Å². The summed E-state index contributed by atoms with van der Waals surface area (Å²) in [4.78, 5) is 0. The third-order valence-electron chi connectivity index (χ3n) is 6.13. The second-order valence-electron chi connectivity index (χ2n) is 8.46. The Labute approximate surface area is 202 Å². The Bertz CT molecular complexity index is 595. The van der Waals surface area contributed by atoms with Crippen LogP contribution in [0.1, 0.15) is 14.4 Å². The van der Waals surface area contributed by atoms with Crippen molar-refractivity contribution in [2.45, 2.75) is 94.1 Å². The molecule has 0 aromatic heterocycles. The molecule has 0 bridgehead atoms. The van der Waals surface area contributed by atoms with Crippen molar-refractivity contribution in [1.82, 2.24) is 0 Å². The zero-order chi connectivity index (χ0) is 25.7. The first-order chi connectivity index (χ1) is 16.0. The summed E-state index contributed by atoms with van der Waals surface area (Å²) < 4.78 is 21.6. The molecule has 0 aromatic carbocycles. The fraction of sp³-hybridized carbons (Fsp3) is 1.00. The van der Waals surface area contributed by atoms with Crippen LogP contribution in [0.4, 0.5) is 0 Å². The van der Waals surface area contributed by atoms with Crippen LogP contribution in [-0.4, -0.2) is 162 Å². The standard InChI is InChI=1S/C19H36O15.CH4/c1-6(7(24)2-20)16(8(25)3-21)33-19-15(30)13(28)17(10(5-23)32-19)34-18-14(29)12(27)11(26)9(4-22)31-18;/h6-30H,2-5H2,1H3;1H4/t6-,7+,8-,9-,10-,11-,12+,13-,14-,15-,16+,17-,18-,19-;/m1./s1. The van der Waals surface area contributed by atoms with Crippen molar-refractivity contribution in [3.63, 3.8) is 0 Å². The molecule has 2 rings (SSSR count). The van der Waals surface area contributed by atoms with E-state index in [4.69, 9.17) is 18.9 Å². The van der Waals surface area contributed by atoms with Gasteiger partial charge in [0.25, 0.3) is 0 Å². The van der Waals surface area contributed by atoms with Crippen LogP contribution in [0.25, 0.3) is 0 Å². The van der Waals surface area contributed by atoms with Crippen LogP contribution < -0.4 is 0 Å². The van der Waals surface area contributed by atoms with Crippen molar-refractivity contribution in [2.75, 3.05) is 26.4 Å². The molecule has 15 nitrogen and oxygen atoms in total. The predicted octanol–water partition coefficient (Wildman–Crippen LogP) is -6.03. The van der Waals surface area contributed by atoms with E-state index in [1.54, 1.807) is 0 Å². The number of hydrogen-bond acceptors (Lipinski definition) is 15. The number of aliphatic hydroxyl groups is 11. The summed E-state index contributed by atoms with van der Waals surface area (Å²) in [6.45, 7) is -1.63. The van der Waals surface area contributed by atoms with Gasteiger partial charge < -0.3 is 75.1 Å². The first kappa shape index (κ1) is 32.4. The molecule has 2 aliphatic rings. The van der Waals surface area contributed by atoms with Gasteiger partial charge in [-0.05, 0) is 0 Å². The normalized spacial score (nSPS) is 41.5. The molecule has 0 unspecified atom stereocenters. The Hall–Kier alpha value is -0.600. The molecule has 11 N–H and O–H groups in total. The van der Waals surface area contributed by atoms with Crippen molar-refractivity contribution in [2.24, 2.45) is 5.92 Å². The number of ether oxygens (including phenoxy) is 4. The third-order valence-corrected chi connectivity index (χ3v) is 6.13. The van der Waals surface area contributed by atoms with Crippen LogP contribution in [-0.2, 0) is 18.9 Å². The highest BCUT2D eigenvalue weighted by atomic mass is 16.7. The summed E-state index contributed by atoms with van der Waals surface area (Å²) in [5, 5.41) is 109. The van der Waals surface area contributed by atoms with Crippen molar-refractivity contribution in [1.29, 1.82) is 0 Å². The molecular weight excluding hydrogens is 480 g/mol. The average molecular weight is 521 g/mol. The Morgan fingerprint density at radius 1 is 0.686 bits per heavy atom. The quantitative estimate of drug-likeness (QED) is 0.121. The van der Waals surface area contributed by atoms with Crippen molar-refractivity contribution in [3.05, 3.63) is 0 Å². The first-order valence-electron chi connectivity index (χ1n) is 10.8. The fourth-order valence-corrected chi connectivity index (χ4v) is 3.88. The van der Waals surface area contributed by atoms with Crippen molar-refractivity contribution >= 4 is 0 Å². The monoisotopic (exact) mass is 520 g/mol. The van der Waals surface area contributed by atoms with Crippen LogP contribution in [0.2, 0.25) is 0 Å². The maximum atomic E-state index is 10.6. The molecule has 14 atom stereocenters. The Balaban J connectivity index is 0.00000612. The van der Waals surface area contributed by atoms with Gasteiger partial charge in [-0.1, -0.05) is 14.4 Å². The molecule has 2 heterocycles. The highest BCUT2D eigenvalue weighted by molar-refractivity contribution is 4.94. The van der Waals surface area contributed by atoms with E-state index < -0.39 is 112 Å². The molecule has 0 radical (unpaired) electrons. The predicted molar refractivity (Wildman–Crippen MR) is 113 cm³/mol. The lowest BCUT2D eigenvalue weighted by Gasteiger charge is -2.46. The molecule has 0 saturated carbocycles. The van der Waals surface area contributed by atoms with Gasteiger partial charge >= 0.3 is 0 Å². The summed E-state index contributed by atoms with van der Waals surface area (Å²) in [5.41, 5.74) is 0. The molecule has 2 aliphatic heterocycles. The summed E-state index contributed by atoms with van der Waals surface area (Å²) in [7, 11) is 0. The minimum atomic E-state index is -1.87. The summed E-state index contributed by atoms with van der Waals surface area (Å²) in [5.74, 6) is -0.962. The van der Waals surface area contributed by atoms with Crippen molar-refractivity contribution in [3.8, 4) is 0 Å². The molecule has 15 heteroatoms. The third kappa shape index (κ3) is 7.25. The number of rotatable bonds is 11. The fourth-order valence-electron chi connectivity index (χ4n) is 3.88. The van der Waals surface area contributed by atoms with Crippen LogP contribution in [0, 0.1) is 5.92 Å². The lowest BCUT2D eigenvalue weighted by atomic mass is 9.93. The maximum absolute atomic E-state index is 10.6. The first-order valence-corrected chi connectivity index (χ1v) is 10.8. The Kier molecular flexibility index (Phi) is 13.3. The van der Waals surface area contributed by atoms with E-state index in [-0.39, 0.29) is 7.43 Å². The van der Waals surface area contributed by atoms with Crippen molar-refractivity contribution < 1.29 is 75.1 Å². The molecule has 0 aromatic rings. The molecule has 0 aliphatic carbocycles. The number of hydrogen-bond donors (Lipinski definition) is 11. The maximum Gasteiger partial charge on any atom is 0.187 e. The van der Waals surface area contributed by atoms with Crippen LogP contribution in [0.15, 0.2) is 0 Å². The number of aliphatic hydroxyl groups excluding tert-OH is 11. The molecule has 2 fully saturated rings. The van der Waals surface area contributed by atoms with Gasteiger partial charge in [-0.25, -0.2) is 0 Å². The van der Waals surface area contributed by atoms with Gasteiger partial charge in [-0.3, -0.25) is 0 Å². The van der Waals surface area contributed by atoms with E-state index in [1.807, 2.05) is 0 Å². The van der Waals surface area contributed by atoms with E-state index in [0.29, 0.717) is 0 Å². The van der Waals surface area contributed by atoms with Crippen LogP contribution in [0.5, 0.6) is 0 Å². The van der Waals surface area contributed by atoms with Gasteiger partial charge in [0.1, 0.15) is 54.9 Å². The highest BCUT2D eigenvalue weighted by Crippen LogP contribution is 2.31. The summed E-state index contributed by atoms with van der Waals surface area (Å²) in [6, 6.07) is 0. The minimum absolute atomic E-state index is 0. The van der Waals surface area contributed by atoms with Gasteiger partial charge in [0.2, 0.25) is 0 Å². The molecule has 35 heavy (non-hydrogen) atoms. The van der Waals surface area contributed by atoms with E-state index in [2.05, 4.69) is 0 Å². The van der Waals surface area contributed by atoms with E-state index in [9.17, 15) is 56.2 Å². The topological polar surface area (TPSA) is 259 Å². The van der Waals surface area contributed by atoms with E-state index >= 15 is 0 Å². The van der Waals surface area contributed by atoms with Crippen LogP contribution in [0.3, 0.4) is 0 Å². The average Bonchev–Trinajstić information content (AvgIpc) is 2.84. The zero-order valence-electron chi connectivity index (χ0n) is 18.5. The molecule has 0 spiro atoms. The van der Waals surface area contributed by atoms with E-state index in [1.165, 1.54) is 6.92 Å². The smallest absolute Gasteiger partial charge is 0.187 e. The lowest BCUT2D eigenvalue weighted by molar-refractivity contribution is -0.366. The SMILES string of the molecule is C.C[C@@H]([C@H](O[C@H]1O[C@H](CO)[C@@H](O[C@H]2O[C@H](CO)[C@@H](O)[C@H](O)[C@H]2O)[C@H](O)[C@H]1O)[C@H](O)CO)[C@@H](O)CO. The summed E-state index contributed by atoms with van der Waals surface area (Å²) in [6.07, 6.45) is -20.9. The second kappa shape index (κ2) is 14.4. The van der Waals surface area contributed by atoms with Gasteiger partial charge in [0.05, 0.1) is 38.6 Å². The zero-order valence-corrected chi connectivity index (χ0v) is 18.5. The minimum Gasteiger partial charge on any atom is -0.394 e. The largest absolute Gasteiger partial charge is 0.394 e. The van der Waals surface area contributed by atoms with Crippen LogP contribution >= 0.6 is 0 Å². The molecule has 210 valence electrons. The molecule has 2 saturated heterocycles. The molecule has 0 amide bonds. The van der Waals surface area contributed by atoms with Gasteiger partial charge in [0, 0.05) is 5.92 Å². The summed E-state index contributed by atoms with van der Waals surface area (Å²) >= 11 is 0. The Morgan fingerprint density at radius 3 is 1.71 bits per heavy atom. The molecular formula is C20H40O15. The van der Waals surface area contributed by atoms with Gasteiger partial charge in [0.15, 0.2) is 12.6 Å². The van der Waals surface area contributed by atoms with Gasteiger partial charge in [-0.15, -0.1) is 0 Å². The highest BCUT2D eigenvalue weighted by Gasteiger charge is 2.51. The second-order valence-corrected chi connectivity index (χ2v) is 8.46. The van der Waals surface area contributed by atoms with Gasteiger partial charge in [-0.2, -0.15) is 0 Å².